The SMILES string of the molecule is CC[C@@]1(C[C@@]2(CC(=O)OC)c3ccccc3-c3nc4ccccc4cc32)c2ccccc2-c2nc3ccccc3cc21. The molecule has 0 bridgehead atoms. The van der Waals surface area contributed by atoms with Gasteiger partial charge in [0.25, 0.3) is 0 Å². The zero-order valence-electron chi connectivity index (χ0n) is 23.7. The predicted molar refractivity (Wildman–Crippen MR) is 167 cm³/mol. The van der Waals surface area contributed by atoms with Crippen LogP contribution < -0.4 is 0 Å². The van der Waals surface area contributed by atoms with Gasteiger partial charge in [0.15, 0.2) is 0 Å². The van der Waals surface area contributed by atoms with E-state index in [9.17, 15) is 4.79 Å². The molecule has 0 radical (unpaired) electrons. The largest absolute Gasteiger partial charge is 0.469 e. The minimum atomic E-state index is -0.646. The van der Waals surface area contributed by atoms with Crippen LogP contribution in [0.5, 0.6) is 0 Å². The van der Waals surface area contributed by atoms with Crippen molar-refractivity contribution in [2.45, 2.75) is 37.0 Å². The maximum Gasteiger partial charge on any atom is 0.306 e. The second-order valence-electron chi connectivity index (χ2n) is 11.7. The van der Waals surface area contributed by atoms with Gasteiger partial charge in [-0.15, -0.1) is 0 Å². The van der Waals surface area contributed by atoms with Gasteiger partial charge in [-0.3, -0.25) is 4.79 Å². The molecule has 0 spiro atoms. The summed E-state index contributed by atoms with van der Waals surface area (Å²) in [6.07, 6.45) is 1.78. The third-order valence-electron chi connectivity index (χ3n) is 9.76. The van der Waals surface area contributed by atoms with Crippen molar-refractivity contribution in [1.82, 2.24) is 9.97 Å². The van der Waals surface area contributed by atoms with Crippen LogP contribution in [0.25, 0.3) is 44.3 Å². The van der Waals surface area contributed by atoms with Crippen molar-refractivity contribution in [3.05, 3.63) is 131 Å². The Balaban J connectivity index is 1.45. The maximum absolute atomic E-state index is 13.4. The number of methoxy groups -OCH3 is 1. The van der Waals surface area contributed by atoms with Crippen molar-refractivity contribution in [2.75, 3.05) is 7.11 Å². The van der Waals surface area contributed by atoms with Crippen LogP contribution in [0.4, 0.5) is 0 Å². The molecular formula is C38H30N2O2. The van der Waals surface area contributed by atoms with E-state index in [0.29, 0.717) is 6.42 Å². The highest BCUT2D eigenvalue weighted by Gasteiger charge is 2.54. The molecule has 2 atom stereocenters. The Morgan fingerprint density at radius 1 is 0.643 bits per heavy atom. The Hall–Kier alpha value is -4.83. The van der Waals surface area contributed by atoms with E-state index < -0.39 is 5.41 Å². The van der Waals surface area contributed by atoms with Crippen molar-refractivity contribution in [3.8, 4) is 22.5 Å². The quantitative estimate of drug-likeness (QED) is 0.204. The molecule has 0 amide bonds. The summed E-state index contributed by atoms with van der Waals surface area (Å²) in [6, 6.07) is 38.4. The average Bonchev–Trinajstić information content (AvgIpc) is 3.45. The van der Waals surface area contributed by atoms with Crippen LogP contribution in [-0.2, 0) is 20.4 Å². The lowest BCUT2D eigenvalue weighted by molar-refractivity contribution is -0.141. The van der Waals surface area contributed by atoms with E-state index in [1.165, 1.54) is 23.8 Å². The summed E-state index contributed by atoms with van der Waals surface area (Å²) < 4.78 is 5.41. The monoisotopic (exact) mass is 546 g/mol. The van der Waals surface area contributed by atoms with Crippen LogP contribution >= 0.6 is 0 Å². The number of rotatable bonds is 5. The molecule has 4 aromatic carbocycles. The van der Waals surface area contributed by atoms with E-state index in [2.05, 4.69) is 97.9 Å². The van der Waals surface area contributed by atoms with Gasteiger partial charge in [0.2, 0.25) is 0 Å². The summed E-state index contributed by atoms with van der Waals surface area (Å²) in [4.78, 5) is 23.9. The minimum absolute atomic E-state index is 0.222. The highest BCUT2D eigenvalue weighted by Crippen LogP contribution is 2.61. The fraction of sp³-hybridized carbons (Fsp3) is 0.184. The van der Waals surface area contributed by atoms with Crippen molar-refractivity contribution in [3.63, 3.8) is 0 Å². The van der Waals surface area contributed by atoms with Gasteiger partial charge in [-0.25, -0.2) is 9.97 Å². The van der Waals surface area contributed by atoms with Gasteiger partial charge in [-0.2, -0.15) is 0 Å². The molecular weight excluding hydrogens is 516 g/mol. The molecule has 0 N–H and O–H groups in total. The number of esters is 1. The standard InChI is InChI=1S/C38H30N2O2/c1-3-37(28-16-8-6-14-26(28)35-30(37)20-24-12-4-10-18-32(24)39-35)23-38(22-34(41)42-2)29-17-9-7-15-27(29)36-31(38)21-25-13-5-11-19-33(25)40-36/h4-21H,3,22-23H2,1-2H3/t37-,38+/m1/s1. The minimum Gasteiger partial charge on any atom is -0.469 e. The van der Waals surface area contributed by atoms with E-state index in [1.807, 2.05) is 18.2 Å². The number of carbonyl (C=O) groups excluding carboxylic acids is 1. The molecule has 2 aromatic heterocycles. The molecule has 2 aliphatic carbocycles. The smallest absolute Gasteiger partial charge is 0.306 e. The first kappa shape index (κ1) is 24.9. The van der Waals surface area contributed by atoms with Crippen LogP contribution in [0.1, 0.15) is 48.4 Å². The fourth-order valence-electron chi connectivity index (χ4n) is 7.85. The molecule has 6 aromatic rings. The number of ether oxygens (including phenoxy) is 1. The molecule has 4 heteroatoms. The lowest BCUT2D eigenvalue weighted by Crippen LogP contribution is -2.39. The molecule has 4 nitrogen and oxygen atoms in total. The second kappa shape index (κ2) is 9.09. The molecule has 42 heavy (non-hydrogen) atoms. The topological polar surface area (TPSA) is 52.1 Å². The van der Waals surface area contributed by atoms with Gasteiger partial charge in [-0.05, 0) is 59.4 Å². The number of para-hydroxylation sites is 2. The van der Waals surface area contributed by atoms with Crippen molar-refractivity contribution in [1.29, 1.82) is 0 Å². The zero-order valence-corrected chi connectivity index (χ0v) is 23.7. The van der Waals surface area contributed by atoms with Crippen molar-refractivity contribution >= 4 is 27.8 Å². The van der Waals surface area contributed by atoms with Gasteiger partial charge in [0.1, 0.15) is 0 Å². The summed E-state index contributed by atoms with van der Waals surface area (Å²) in [5.74, 6) is -0.222. The van der Waals surface area contributed by atoms with Crippen LogP contribution in [0.2, 0.25) is 0 Å². The molecule has 0 unspecified atom stereocenters. The highest BCUT2D eigenvalue weighted by molar-refractivity contribution is 5.92. The third-order valence-corrected chi connectivity index (χ3v) is 9.76. The van der Waals surface area contributed by atoms with E-state index >= 15 is 0 Å². The number of fused-ring (bicyclic) bond motifs is 8. The van der Waals surface area contributed by atoms with E-state index in [4.69, 9.17) is 14.7 Å². The molecule has 0 saturated carbocycles. The van der Waals surface area contributed by atoms with E-state index in [0.717, 1.165) is 56.3 Å². The summed E-state index contributed by atoms with van der Waals surface area (Å²) in [5.41, 5.74) is 9.94. The first-order valence-corrected chi connectivity index (χ1v) is 14.6. The summed E-state index contributed by atoms with van der Waals surface area (Å²) >= 11 is 0. The third kappa shape index (κ3) is 3.32. The zero-order chi connectivity index (χ0) is 28.5. The van der Waals surface area contributed by atoms with Crippen LogP contribution in [0.3, 0.4) is 0 Å². The van der Waals surface area contributed by atoms with Crippen LogP contribution in [0.15, 0.2) is 109 Å². The molecule has 8 rings (SSSR count). The summed E-state index contributed by atoms with van der Waals surface area (Å²) in [5, 5.41) is 2.20. The Bertz CT molecular complexity index is 2060. The Labute approximate surface area is 245 Å². The predicted octanol–water partition coefficient (Wildman–Crippen LogP) is 8.38. The molecule has 0 aliphatic heterocycles. The Morgan fingerprint density at radius 3 is 1.67 bits per heavy atom. The van der Waals surface area contributed by atoms with Crippen molar-refractivity contribution in [2.24, 2.45) is 0 Å². The van der Waals surface area contributed by atoms with Gasteiger partial charge >= 0.3 is 5.97 Å². The lowest BCUT2D eigenvalue weighted by atomic mass is 9.60. The average molecular weight is 547 g/mol. The lowest BCUT2D eigenvalue weighted by Gasteiger charge is -2.41. The van der Waals surface area contributed by atoms with Gasteiger partial charge in [0.05, 0.1) is 36.0 Å². The highest BCUT2D eigenvalue weighted by atomic mass is 16.5. The first-order valence-electron chi connectivity index (χ1n) is 14.6. The Morgan fingerprint density at radius 2 is 1.12 bits per heavy atom. The molecule has 2 aliphatic rings. The number of aromatic nitrogens is 2. The summed E-state index contributed by atoms with van der Waals surface area (Å²) in [7, 11) is 1.49. The number of nitrogens with zero attached hydrogens (tertiary/aromatic N) is 2. The molecule has 0 saturated heterocycles. The maximum atomic E-state index is 13.4. The van der Waals surface area contributed by atoms with Gasteiger partial charge < -0.3 is 4.74 Å². The second-order valence-corrected chi connectivity index (χ2v) is 11.7. The summed E-state index contributed by atoms with van der Waals surface area (Å²) in [6.45, 7) is 2.27. The van der Waals surface area contributed by atoms with Crippen molar-refractivity contribution < 1.29 is 9.53 Å². The Kier molecular flexibility index (Phi) is 5.39. The fourth-order valence-corrected chi connectivity index (χ4v) is 7.85. The number of pyridine rings is 2. The number of carbonyl (C=O) groups is 1. The molecule has 0 fully saturated rings. The number of hydrogen-bond donors (Lipinski definition) is 0. The van der Waals surface area contributed by atoms with Gasteiger partial charge in [-0.1, -0.05) is 91.9 Å². The molecule has 2 heterocycles. The first-order chi connectivity index (χ1) is 20.6. The van der Waals surface area contributed by atoms with Gasteiger partial charge in [0, 0.05) is 32.7 Å². The molecule has 204 valence electrons. The number of benzene rings is 4. The van der Waals surface area contributed by atoms with E-state index in [1.54, 1.807) is 0 Å². The number of hydrogen-bond acceptors (Lipinski definition) is 4. The normalized spacial score (nSPS) is 19.8. The van der Waals surface area contributed by atoms with E-state index in [-0.39, 0.29) is 17.8 Å². The van der Waals surface area contributed by atoms with Crippen LogP contribution in [-0.4, -0.2) is 23.0 Å². The van der Waals surface area contributed by atoms with Crippen LogP contribution in [0, 0.1) is 0 Å².